The Labute approximate surface area is 100 Å². The van der Waals surface area contributed by atoms with E-state index in [-0.39, 0.29) is 11.4 Å². The average Bonchev–Trinajstić information content (AvgIpc) is 2.64. The van der Waals surface area contributed by atoms with E-state index in [9.17, 15) is 4.39 Å². The molecule has 0 saturated carbocycles. The number of imidazole rings is 1. The highest BCUT2D eigenvalue weighted by Gasteiger charge is 2.14. The lowest BCUT2D eigenvalue weighted by atomic mass is 10.1. The summed E-state index contributed by atoms with van der Waals surface area (Å²) in [6.07, 6.45) is 3.51. The summed E-state index contributed by atoms with van der Waals surface area (Å²) in [5, 5.41) is 0. The van der Waals surface area contributed by atoms with Crippen LogP contribution >= 0.6 is 0 Å². The zero-order valence-electron chi connectivity index (χ0n) is 10.0. The highest BCUT2D eigenvalue weighted by Crippen LogP contribution is 2.20. The largest absolute Gasteiger partial charge is 0.329 e. The van der Waals surface area contributed by atoms with Crippen molar-refractivity contribution in [1.82, 2.24) is 9.55 Å². The van der Waals surface area contributed by atoms with Gasteiger partial charge in [0.1, 0.15) is 5.82 Å². The SMILES string of the molecule is CC(C)(N)Cn1cncc1-c1ccc(F)cc1. The van der Waals surface area contributed by atoms with E-state index in [4.69, 9.17) is 5.73 Å². The van der Waals surface area contributed by atoms with Crippen molar-refractivity contribution < 1.29 is 4.39 Å². The molecule has 0 fully saturated rings. The molecule has 0 saturated heterocycles. The Kier molecular flexibility index (Phi) is 2.98. The zero-order valence-corrected chi connectivity index (χ0v) is 10.0. The van der Waals surface area contributed by atoms with E-state index in [1.54, 1.807) is 24.7 Å². The molecule has 0 aliphatic rings. The molecule has 0 bridgehead atoms. The summed E-state index contributed by atoms with van der Waals surface area (Å²) in [4.78, 5) is 4.12. The van der Waals surface area contributed by atoms with E-state index in [0.717, 1.165) is 11.3 Å². The van der Waals surface area contributed by atoms with Crippen molar-refractivity contribution in [1.29, 1.82) is 0 Å². The lowest BCUT2D eigenvalue weighted by molar-refractivity contribution is 0.436. The molecule has 0 spiro atoms. The van der Waals surface area contributed by atoms with Crippen molar-refractivity contribution in [3.63, 3.8) is 0 Å². The van der Waals surface area contributed by atoms with Gasteiger partial charge >= 0.3 is 0 Å². The molecule has 90 valence electrons. The molecule has 0 aliphatic heterocycles. The summed E-state index contributed by atoms with van der Waals surface area (Å²) >= 11 is 0. The van der Waals surface area contributed by atoms with Crippen LogP contribution in [0.25, 0.3) is 11.3 Å². The van der Waals surface area contributed by atoms with E-state index < -0.39 is 0 Å². The molecule has 2 aromatic rings. The van der Waals surface area contributed by atoms with Gasteiger partial charge in [0, 0.05) is 12.1 Å². The molecular weight excluding hydrogens is 217 g/mol. The quantitative estimate of drug-likeness (QED) is 0.884. The lowest BCUT2D eigenvalue weighted by Gasteiger charge is -2.20. The second-order valence-corrected chi connectivity index (χ2v) is 4.90. The Hall–Kier alpha value is -1.68. The standard InChI is InChI=1S/C13H16FN3/c1-13(2,15)8-17-9-16-7-12(17)10-3-5-11(14)6-4-10/h3-7,9H,8,15H2,1-2H3. The summed E-state index contributed by atoms with van der Waals surface area (Å²) in [6, 6.07) is 6.37. The average molecular weight is 233 g/mol. The van der Waals surface area contributed by atoms with E-state index in [1.807, 2.05) is 18.4 Å². The van der Waals surface area contributed by atoms with Crippen molar-refractivity contribution >= 4 is 0 Å². The third kappa shape index (κ3) is 2.91. The molecule has 0 radical (unpaired) electrons. The summed E-state index contributed by atoms with van der Waals surface area (Å²) in [7, 11) is 0. The van der Waals surface area contributed by atoms with Crippen LogP contribution in [0.4, 0.5) is 4.39 Å². The summed E-state index contributed by atoms with van der Waals surface area (Å²) in [5.74, 6) is -0.237. The molecule has 2 N–H and O–H groups in total. The minimum Gasteiger partial charge on any atom is -0.329 e. The first-order valence-corrected chi connectivity index (χ1v) is 5.51. The maximum absolute atomic E-state index is 12.9. The molecule has 4 heteroatoms. The number of nitrogens with two attached hydrogens (primary N) is 1. The van der Waals surface area contributed by atoms with Crippen LogP contribution in [0.2, 0.25) is 0 Å². The van der Waals surface area contributed by atoms with Gasteiger partial charge in [-0.15, -0.1) is 0 Å². The second kappa shape index (κ2) is 4.30. The van der Waals surface area contributed by atoms with Gasteiger partial charge in [0.15, 0.2) is 0 Å². The van der Waals surface area contributed by atoms with Gasteiger partial charge in [-0.25, -0.2) is 9.37 Å². The Bertz CT molecular complexity index is 494. The van der Waals surface area contributed by atoms with Gasteiger partial charge in [-0.05, 0) is 43.7 Å². The maximum Gasteiger partial charge on any atom is 0.123 e. The maximum atomic E-state index is 12.9. The Morgan fingerprint density at radius 3 is 2.53 bits per heavy atom. The predicted octanol–water partition coefficient (Wildman–Crippen LogP) is 2.43. The van der Waals surface area contributed by atoms with Gasteiger partial charge in [-0.1, -0.05) is 0 Å². The normalized spacial score (nSPS) is 11.8. The smallest absolute Gasteiger partial charge is 0.123 e. The first-order valence-electron chi connectivity index (χ1n) is 5.51. The van der Waals surface area contributed by atoms with Gasteiger partial charge < -0.3 is 10.3 Å². The zero-order chi connectivity index (χ0) is 12.5. The number of halogens is 1. The van der Waals surface area contributed by atoms with Crippen LogP contribution in [0.3, 0.4) is 0 Å². The van der Waals surface area contributed by atoms with Crippen LogP contribution in [0.15, 0.2) is 36.8 Å². The van der Waals surface area contributed by atoms with Crippen LogP contribution in [-0.4, -0.2) is 15.1 Å². The van der Waals surface area contributed by atoms with Crippen LogP contribution in [0.1, 0.15) is 13.8 Å². The Morgan fingerprint density at radius 2 is 1.94 bits per heavy atom. The Balaban J connectivity index is 2.33. The van der Waals surface area contributed by atoms with Gasteiger partial charge in [0.25, 0.3) is 0 Å². The summed E-state index contributed by atoms with van der Waals surface area (Å²) in [5.41, 5.74) is 7.56. The van der Waals surface area contributed by atoms with E-state index in [0.29, 0.717) is 6.54 Å². The van der Waals surface area contributed by atoms with Crippen molar-refractivity contribution in [3.05, 3.63) is 42.6 Å². The fourth-order valence-electron chi connectivity index (χ4n) is 1.75. The van der Waals surface area contributed by atoms with Crippen molar-refractivity contribution in [2.75, 3.05) is 0 Å². The van der Waals surface area contributed by atoms with Gasteiger partial charge in [0.2, 0.25) is 0 Å². The van der Waals surface area contributed by atoms with E-state index in [1.165, 1.54) is 12.1 Å². The van der Waals surface area contributed by atoms with Gasteiger partial charge in [-0.3, -0.25) is 0 Å². The third-order valence-electron chi connectivity index (χ3n) is 2.43. The topological polar surface area (TPSA) is 43.8 Å². The number of hydrogen-bond donors (Lipinski definition) is 1. The van der Waals surface area contributed by atoms with E-state index in [2.05, 4.69) is 4.98 Å². The highest BCUT2D eigenvalue weighted by atomic mass is 19.1. The first-order chi connectivity index (χ1) is 7.96. The molecular formula is C13H16FN3. The van der Waals surface area contributed by atoms with E-state index >= 15 is 0 Å². The fourth-order valence-corrected chi connectivity index (χ4v) is 1.75. The molecule has 1 aromatic carbocycles. The minimum atomic E-state index is -0.310. The number of nitrogens with zero attached hydrogens (tertiary/aromatic N) is 2. The molecule has 17 heavy (non-hydrogen) atoms. The molecule has 2 rings (SSSR count). The van der Waals surface area contributed by atoms with Gasteiger partial charge in [0.05, 0.1) is 18.2 Å². The van der Waals surface area contributed by atoms with Crippen LogP contribution in [-0.2, 0) is 6.54 Å². The van der Waals surface area contributed by atoms with Crippen molar-refractivity contribution in [2.24, 2.45) is 5.73 Å². The van der Waals surface area contributed by atoms with Gasteiger partial charge in [-0.2, -0.15) is 0 Å². The van der Waals surface area contributed by atoms with Crippen LogP contribution < -0.4 is 5.73 Å². The number of aromatic nitrogens is 2. The lowest BCUT2D eigenvalue weighted by Crippen LogP contribution is -2.37. The van der Waals surface area contributed by atoms with Crippen LogP contribution in [0, 0.1) is 5.82 Å². The number of benzene rings is 1. The Morgan fingerprint density at radius 1 is 1.29 bits per heavy atom. The third-order valence-corrected chi connectivity index (χ3v) is 2.43. The predicted molar refractivity (Wildman–Crippen MR) is 65.9 cm³/mol. The monoisotopic (exact) mass is 233 g/mol. The highest BCUT2D eigenvalue weighted by molar-refractivity contribution is 5.58. The molecule has 0 unspecified atom stereocenters. The molecule has 0 aliphatic carbocycles. The second-order valence-electron chi connectivity index (χ2n) is 4.90. The van der Waals surface area contributed by atoms with Crippen molar-refractivity contribution in [2.45, 2.75) is 25.9 Å². The minimum absolute atomic E-state index is 0.237. The summed E-state index contributed by atoms with van der Waals surface area (Å²) in [6.45, 7) is 4.59. The molecule has 0 atom stereocenters. The molecule has 0 amide bonds. The number of hydrogen-bond acceptors (Lipinski definition) is 2. The molecule has 1 aromatic heterocycles. The molecule has 3 nitrogen and oxygen atoms in total. The van der Waals surface area contributed by atoms with Crippen molar-refractivity contribution in [3.8, 4) is 11.3 Å². The molecule has 1 heterocycles. The first kappa shape index (κ1) is 11.8. The van der Waals surface area contributed by atoms with Crippen LogP contribution in [0.5, 0.6) is 0 Å². The number of rotatable bonds is 3. The summed E-state index contributed by atoms with van der Waals surface area (Å²) < 4.78 is 14.8. The fraction of sp³-hybridized carbons (Fsp3) is 0.308.